The van der Waals surface area contributed by atoms with E-state index < -0.39 is 0 Å². The van der Waals surface area contributed by atoms with Gasteiger partial charge < -0.3 is 0 Å². The number of hydrogen-bond acceptors (Lipinski definition) is 2. The van der Waals surface area contributed by atoms with Gasteiger partial charge in [-0.1, -0.05) is 43.1 Å². The molecule has 1 saturated carbocycles. The van der Waals surface area contributed by atoms with E-state index in [9.17, 15) is 9.59 Å². The van der Waals surface area contributed by atoms with Crippen LogP contribution in [0, 0.1) is 29.6 Å². The van der Waals surface area contributed by atoms with E-state index in [1.807, 2.05) is 0 Å². The van der Waals surface area contributed by atoms with Gasteiger partial charge in [-0.3, -0.25) is 14.5 Å². The molecule has 2 amide bonds. The highest BCUT2D eigenvalue weighted by atomic mass is 79.9. The topological polar surface area (TPSA) is 37.4 Å². The van der Waals surface area contributed by atoms with Crippen LogP contribution in [-0.4, -0.2) is 28.6 Å². The van der Waals surface area contributed by atoms with E-state index in [-0.39, 0.29) is 23.7 Å². The highest BCUT2D eigenvalue weighted by Gasteiger charge is 2.52. The fraction of sp³-hybridized carbons (Fsp3) is 0.867. The quantitative estimate of drug-likeness (QED) is 0.574. The lowest BCUT2D eigenvalue weighted by Crippen LogP contribution is -2.38. The lowest BCUT2D eigenvalue weighted by Gasteiger charge is -2.25. The Bertz CT molecular complexity index is 345. The van der Waals surface area contributed by atoms with Crippen molar-refractivity contribution >= 4 is 27.7 Å². The first-order chi connectivity index (χ1) is 8.99. The molecule has 3 unspecified atom stereocenters. The van der Waals surface area contributed by atoms with Crippen LogP contribution in [-0.2, 0) is 9.59 Å². The molecule has 2 fully saturated rings. The minimum atomic E-state index is -0.0133. The van der Waals surface area contributed by atoms with Gasteiger partial charge >= 0.3 is 0 Å². The largest absolute Gasteiger partial charge is 0.282 e. The third-order valence-corrected chi connectivity index (χ3v) is 5.79. The van der Waals surface area contributed by atoms with Crippen molar-refractivity contribution in [2.45, 2.75) is 40.0 Å². The van der Waals surface area contributed by atoms with E-state index >= 15 is 0 Å². The molecule has 4 heteroatoms. The second-order valence-electron chi connectivity index (χ2n) is 6.40. The number of likely N-dealkylation sites (tertiary alicyclic amines) is 1. The molecule has 0 bridgehead atoms. The van der Waals surface area contributed by atoms with Crippen molar-refractivity contribution in [2.75, 3.05) is 11.9 Å². The highest BCUT2D eigenvalue weighted by Crippen LogP contribution is 2.44. The molecule has 2 rings (SSSR count). The first kappa shape index (κ1) is 15.0. The van der Waals surface area contributed by atoms with E-state index in [1.54, 1.807) is 4.90 Å². The summed E-state index contributed by atoms with van der Waals surface area (Å²) in [5.74, 6) is 1.57. The zero-order valence-corrected chi connectivity index (χ0v) is 13.6. The summed E-state index contributed by atoms with van der Waals surface area (Å²) >= 11 is 3.50. The van der Waals surface area contributed by atoms with E-state index in [1.165, 1.54) is 0 Å². The van der Waals surface area contributed by atoms with Gasteiger partial charge in [-0.05, 0) is 30.6 Å². The van der Waals surface area contributed by atoms with Crippen molar-refractivity contribution in [3.05, 3.63) is 0 Å². The van der Waals surface area contributed by atoms with Crippen LogP contribution in [0.4, 0.5) is 0 Å². The van der Waals surface area contributed by atoms with Gasteiger partial charge in [0.25, 0.3) is 0 Å². The Hall–Kier alpha value is -0.380. The molecule has 0 aromatic carbocycles. The number of hydrogen-bond donors (Lipinski definition) is 0. The van der Waals surface area contributed by atoms with Crippen LogP contribution >= 0.6 is 15.9 Å². The predicted octanol–water partition coefficient (Wildman–Crippen LogP) is 3.07. The summed E-state index contributed by atoms with van der Waals surface area (Å²) in [7, 11) is 0. The maximum atomic E-state index is 12.4. The molecule has 108 valence electrons. The predicted molar refractivity (Wildman–Crippen MR) is 78.8 cm³/mol. The molecule has 1 aliphatic heterocycles. The van der Waals surface area contributed by atoms with E-state index in [2.05, 4.69) is 36.7 Å². The molecule has 0 aromatic heterocycles. The van der Waals surface area contributed by atoms with Gasteiger partial charge in [0, 0.05) is 11.9 Å². The van der Waals surface area contributed by atoms with Crippen LogP contribution in [0.25, 0.3) is 0 Å². The average Bonchev–Trinajstić information content (AvgIpc) is 2.89. The normalized spacial score (nSPS) is 32.3. The lowest BCUT2D eigenvalue weighted by atomic mass is 9.97. The summed E-state index contributed by atoms with van der Waals surface area (Å²) in [6.45, 7) is 7.03. The number of nitrogens with zero attached hydrogens (tertiary/aromatic N) is 1. The summed E-state index contributed by atoms with van der Waals surface area (Å²) in [6, 6.07) is 0. The SMILES string of the molecule is CCC1CC2C(=O)N(CC(CBr)C(C)C)C(=O)C2C1. The zero-order valence-electron chi connectivity index (χ0n) is 12.1. The van der Waals surface area contributed by atoms with Crippen LogP contribution in [0.3, 0.4) is 0 Å². The summed E-state index contributed by atoms with van der Waals surface area (Å²) in [5.41, 5.74) is 0. The third kappa shape index (κ3) is 2.74. The van der Waals surface area contributed by atoms with Gasteiger partial charge in [0.15, 0.2) is 0 Å². The van der Waals surface area contributed by atoms with E-state index in [4.69, 9.17) is 0 Å². The molecule has 0 N–H and O–H groups in total. The van der Waals surface area contributed by atoms with E-state index in [0.29, 0.717) is 24.3 Å². The molecule has 0 spiro atoms. The highest BCUT2D eigenvalue weighted by molar-refractivity contribution is 9.09. The number of imide groups is 1. The monoisotopic (exact) mass is 329 g/mol. The molecule has 1 aliphatic carbocycles. The van der Waals surface area contributed by atoms with E-state index in [0.717, 1.165) is 24.6 Å². The van der Waals surface area contributed by atoms with Crippen LogP contribution in [0.1, 0.15) is 40.0 Å². The summed E-state index contributed by atoms with van der Waals surface area (Å²) in [5, 5.41) is 0.842. The van der Waals surface area contributed by atoms with Crippen LogP contribution in [0.15, 0.2) is 0 Å². The zero-order chi connectivity index (χ0) is 14.2. The number of halogens is 1. The maximum absolute atomic E-state index is 12.4. The number of carbonyl (C=O) groups excluding carboxylic acids is 2. The van der Waals surface area contributed by atoms with Gasteiger partial charge in [-0.15, -0.1) is 0 Å². The number of carbonyl (C=O) groups is 2. The summed E-state index contributed by atoms with van der Waals surface area (Å²) in [4.78, 5) is 26.4. The number of amides is 2. The summed E-state index contributed by atoms with van der Waals surface area (Å²) < 4.78 is 0. The first-order valence-electron chi connectivity index (χ1n) is 7.40. The second-order valence-corrected chi connectivity index (χ2v) is 7.05. The standard InChI is InChI=1S/C15H24BrNO2/c1-4-10-5-12-13(6-10)15(19)17(14(12)18)8-11(7-16)9(2)3/h9-13H,4-8H2,1-3H3. The van der Waals surface area contributed by atoms with Crippen molar-refractivity contribution in [3.63, 3.8) is 0 Å². The van der Waals surface area contributed by atoms with Gasteiger partial charge in [0.05, 0.1) is 11.8 Å². The maximum Gasteiger partial charge on any atom is 0.233 e. The Morgan fingerprint density at radius 3 is 2.11 bits per heavy atom. The fourth-order valence-corrected chi connectivity index (χ4v) is 4.34. The van der Waals surface area contributed by atoms with Crippen molar-refractivity contribution < 1.29 is 9.59 Å². The Labute approximate surface area is 124 Å². The molecule has 2 aliphatic rings. The van der Waals surface area contributed by atoms with Crippen molar-refractivity contribution in [2.24, 2.45) is 29.6 Å². The van der Waals surface area contributed by atoms with Crippen LogP contribution < -0.4 is 0 Å². The summed E-state index contributed by atoms with van der Waals surface area (Å²) in [6.07, 6.45) is 2.93. The van der Waals surface area contributed by atoms with Crippen LogP contribution in [0.2, 0.25) is 0 Å². The molecular weight excluding hydrogens is 306 g/mol. The molecule has 1 saturated heterocycles. The molecule has 19 heavy (non-hydrogen) atoms. The molecule has 0 aromatic rings. The van der Waals surface area contributed by atoms with Gasteiger partial charge in [0.2, 0.25) is 11.8 Å². The number of rotatable bonds is 5. The van der Waals surface area contributed by atoms with Gasteiger partial charge in [-0.25, -0.2) is 0 Å². The van der Waals surface area contributed by atoms with Crippen LogP contribution in [0.5, 0.6) is 0 Å². The van der Waals surface area contributed by atoms with Gasteiger partial charge in [-0.2, -0.15) is 0 Å². The van der Waals surface area contributed by atoms with Crippen molar-refractivity contribution in [3.8, 4) is 0 Å². The average molecular weight is 330 g/mol. The Morgan fingerprint density at radius 2 is 1.74 bits per heavy atom. The lowest BCUT2D eigenvalue weighted by molar-refractivity contribution is -0.141. The molecule has 3 atom stereocenters. The number of fused-ring (bicyclic) bond motifs is 1. The third-order valence-electron chi connectivity index (χ3n) is 4.96. The molecular formula is C15H24BrNO2. The minimum Gasteiger partial charge on any atom is -0.282 e. The molecule has 0 radical (unpaired) electrons. The Balaban J connectivity index is 2.06. The fourth-order valence-electron chi connectivity index (χ4n) is 3.38. The molecule has 3 nitrogen and oxygen atoms in total. The Kier molecular flexibility index (Phi) is 4.70. The minimum absolute atomic E-state index is 0.0133. The van der Waals surface area contributed by atoms with Crippen molar-refractivity contribution in [1.82, 2.24) is 4.90 Å². The first-order valence-corrected chi connectivity index (χ1v) is 8.52. The smallest absolute Gasteiger partial charge is 0.233 e. The number of alkyl halides is 1. The van der Waals surface area contributed by atoms with Gasteiger partial charge in [0.1, 0.15) is 0 Å². The van der Waals surface area contributed by atoms with Crippen molar-refractivity contribution in [1.29, 1.82) is 0 Å². The molecule has 1 heterocycles. The Morgan fingerprint density at radius 1 is 1.21 bits per heavy atom. The second kappa shape index (κ2) is 5.94.